The van der Waals surface area contributed by atoms with Crippen LogP contribution in [0.2, 0.25) is 0 Å². The van der Waals surface area contributed by atoms with Crippen LogP contribution >= 0.6 is 0 Å². The predicted molar refractivity (Wildman–Crippen MR) is 82.1 cm³/mol. The monoisotopic (exact) mass is 254 g/mol. The Hall–Kier alpha value is -1.80. The zero-order chi connectivity index (χ0) is 13.7. The molecular weight excluding hydrogens is 232 g/mol. The maximum Gasteiger partial charge on any atom is 0.0347 e. The van der Waals surface area contributed by atoms with Crippen molar-refractivity contribution in [1.82, 2.24) is 4.90 Å². The van der Waals surface area contributed by atoms with Crippen LogP contribution in [0.4, 0.5) is 5.69 Å². The Bertz CT molecular complexity index is 517. The average Bonchev–Trinajstić information content (AvgIpc) is 2.40. The summed E-state index contributed by atoms with van der Waals surface area (Å²) in [5, 5.41) is 0. The summed E-state index contributed by atoms with van der Waals surface area (Å²) in [7, 11) is 2.15. The van der Waals surface area contributed by atoms with Crippen molar-refractivity contribution in [3.8, 4) is 0 Å². The fourth-order valence-electron chi connectivity index (χ4n) is 2.16. The molecule has 0 amide bonds. The Morgan fingerprint density at radius 2 is 1.68 bits per heavy atom. The Labute approximate surface area is 115 Å². The highest BCUT2D eigenvalue weighted by Gasteiger charge is 2.03. The van der Waals surface area contributed by atoms with Crippen LogP contribution in [0.25, 0.3) is 0 Å². The Balaban J connectivity index is 1.86. The molecule has 2 heteroatoms. The lowest BCUT2D eigenvalue weighted by molar-refractivity contribution is 0.331. The van der Waals surface area contributed by atoms with Gasteiger partial charge in [-0.25, -0.2) is 0 Å². The molecular formula is C17H22N2. The number of aryl methyl sites for hydroxylation is 1. The summed E-state index contributed by atoms with van der Waals surface area (Å²) in [5.74, 6) is 0. The van der Waals surface area contributed by atoms with Gasteiger partial charge in [-0.15, -0.1) is 0 Å². The Kier molecular flexibility index (Phi) is 4.58. The van der Waals surface area contributed by atoms with Gasteiger partial charge in [0.2, 0.25) is 0 Å². The maximum atomic E-state index is 5.96. The lowest BCUT2D eigenvalue weighted by Gasteiger charge is -2.17. The lowest BCUT2D eigenvalue weighted by atomic mass is 10.1. The highest BCUT2D eigenvalue weighted by atomic mass is 15.1. The number of benzene rings is 2. The SMILES string of the molecule is Cc1ccc(CN(C)CCc2ccccc2N)cc1. The standard InChI is InChI=1S/C17H22N2/c1-14-7-9-15(10-8-14)13-19(2)12-11-16-5-3-4-6-17(16)18/h3-10H,11-13,18H2,1-2H3. The zero-order valence-electron chi connectivity index (χ0n) is 11.8. The van der Waals surface area contributed by atoms with E-state index < -0.39 is 0 Å². The molecule has 0 saturated carbocycles. The maximum absolute atomic E-state index is 5.96. The van der Waals surface area contributed by atoms with E-state index in [2.05, 4.69) is 49.2 Å². The molecule has 19 heavy (non-hydrogen) atoms. The molecule has 0 spiro atoms. The first-order valence-corrected chi connectivity index (χ1v) is 6.72. The first-order chi connectivity index (χ1) is 9.15. The van der Waals surface area contributed by atoms with Crippen molar-refractivity contribution in [1.29, 1.82) is 0 Å². The van der Waals surface area contributed by atoms with Crippen molar-refractivity contribution in [3.05, 3.63) is 65.2 Å². The van der Waals surface area contributed by atoms with Gasteiger partial charge in [0, 0.05) is 18.8 Å². The summed E-state index contributed by atoms with van der Waals surface area (Å²) in [6.07, 6.45) is 0.995. The summed E-state index contributed by atoms with van der Waals surface area (Å²) < 4.78 is 0. The van der Waals surface area contributed by atoms with Crippen molar-refractivity contribution < 1.29 is 0 Å². The van der Waals surface area contributed by atoms with E-state index in [9.17, 15) is 0 Å². The second-order valence-electron chi connectivity index (χ2n) is 5.17. The second kappa shape index (κ2) is 6.39. The zero-order valence-corrected chi connectivity index (χ0v) is 11.8. The number of hydrogen-bond donors (Lipinski definition) is 1. The van der Waals surface area contributed by atoms with E-state index in [1.165, 1.54) is 16.7 Å². The molecule has 0 aliphatic rings. The van der Waals surface area contributed by atoms with E-state index in [0.717, 1.165) is 25.2 Å². The van der Waals surface area contributed by atoms with Gasteiger partial charge in [-0.05, 0) is 37.6 Å². The molecule has 0 aliphatic carbocycles. The molecule has 0 aliphatic heterocycles. The van der Waals surface area contributed by atoms with Gasteiger partial charge in [-0.3, -0.25) is 0 Å². The number of nitrogen functional groups attached to an aromatic ring is 1. The molecule has 0 bridgehead atoms. The highest BCUT2D eigenvalue weighted by Crippen LogP contribution is 2.12. The Morgan fingerprint density at radius 1 is 1.00 bits per heavy atom. The van der Waals surface area contributed by atoms with Crippen molar-refractivity contribution in [3.63, 3.8) is 0 Å². The van der Waals surface area contributed by atoms with Crippen molar-refractivity contribution in [2.24, 2.45) is 0 Å². The highest BCUT2D eigenvalue weighted by molar-refractivity contribution is 5.46. The minimum absolute atomic E-state index is 0.895. The van der Waals surface area contributed by atoms with Crippen LogP contribution in [0.5, 0.6) is 0 Å². The topological polar surface area (TPSA) is 29.3 Å². The first-order valence-electron chi connectivity index (χ1n) is 6.72. The van der Waals surface area contributed by atoms with E-state index in [1.54, 1.807) is 0 Å². The van der Waals surface area contributed by atoms with Crippen LogP contribution in [-0.4, -0.2) is 18.5 Å². The van der Waals surface area contributed by atoms with Gasteiger partial charge in [0.15, 0.2) is 0 Å². The van der Waals surface area contributed by atoms with Gasteiger partial charge in [0.1, 0.15) is 0 Å². The molecule has 0 heterocycles. The van der Waals surface area contributed by atoms with E-state index in [4.69, 9.17) is 5.73 Å². The molecule has 0 atom stereocenters. The van der Waals surface area contributed by atoms with Gasteiger partial charge < -0.3 is 10.6 Å². The number of rotatable bonds is 5. The molecule has 2 aromatic rings. The molecule has 0 radical (unpaired) electrons. The molecule has 2 rings (SSSR count). The smallest absolute Gasteiger partial charge is 0.0347 e. The molecule has 2 nitrogen and oxygen atoms in total. The number of likely N-dealkylation sites (N-methyl/N-ethyl adjacent to an activating group) is 1. The van der Waals surface area contributed by atoms with Crippen LogP contribution in [0.3, 0.4) is 0 Å². The number of para-hydroxylation sites is 1. The van der Waals surface area contributed by atoms with Gasteiger partial charge in [0.05, 0.1) is 0 Å². The molecule has 2 N–H and O–H groups in total. The molecule has 0 unspecified atom stereocenters. The number of nitrogens with zero attached hydrogens (tertiary/aromatic N) is 1. The van der Waals surface area contributed by atoms with E-state index in [0.29, 0.717) is 0 Å². The van der Waals surface area contributed by atoms with Crippen LogP contribution in [0.15, 0.2) is 48.5 Å². The molecule has 100 valence electrons. The summed E-state index contributed by atoms with van der Waals surface area (Å²) >= 11 is 0. The average molecular weight is 254 g/mol. The molecule has 0 fully saturated rings. The molecule has 2 aromatic carbocycles. The summed E-state index contributed by atoms with van der Waals surface area (Å²) in [4.78, 5) is 2.33. The van der Waals surface area contributed by atoms with Crippen LogP contribution in [0.1, 0.15) is 16.7 Å². The van der Waals surface area contributed by atoms with Crippen LogP contribution < -0.4 is 5.73 Å². The van der Waals surface area contributed by atoms with E-state index in [1.807, 2.05) is 18.2 Å². The van der Waals surface area contributed by atoms with Crippen molar-refractivity contribution in [2.75, 3.05) is 19.3 Å². The fourth-order valence-corrected chi connectivity index (χ4v) is 2.16. The second-order valence-corrected chi connectivity index (χ2v) is 5.17. The normalized spacial score (nSPS) is 10.9. The largest absolute Gasteiger partial charge is 0.399 e. The van der Waals surface area contributed by atoms with Gasteiger partial charge in [0.25, 0.3) is 0 Å². The number of nitrogens with two attached hydrogens (primary N) is 1. The van der Waals surface area contributed by atoms with Crippen molar-refractivity contribution >= 4 is 5.69 Å². The number of anilines is 1. The quantitative estimate of drug-likeness (QED) is 0.830. The van der Waals surface area contributed by atoms with Gasteiger partial charge in [-0.1, -0.05) is 48.0 Å². The predicted octanol–water partition coefficient (Wildman–Crippen LogP) is 3.25. The van der Waals surface area contributed by atoms with Crippen LogP contribution in [-0.2, 0) is 13.0 Å². The summed E-state index contributed by atoms with van der Waals surface area (Å²) in [6.45, 7) is 4.11. The third-order valence-electron chi connectivity index (χ3n) is 3.39. The van der Waals surface area contributed by atoms with Crippen molar-refractivity contribution in [2.45, 2.75) is 19.9 Å². The van der Waals surface area contributed by atoms with Gasteiger partial charge in [-0.2, -0.15) is 0 Å². The molecule has 0 saturated heterocycles. The lowest BCUT2D eigenvalue weighted by Crippen LogP contribution is -2.21. The van der Waals surface area contributed by atoms with Gasteiger partial charge >= 0.3 is 0 Å². The minimum atomic E-state index is 0.895. The summed E-state index contributed by atoms with van der Waals surface area (Å²) in [6, 6.07) is 16.8. The van der Waals surface area contributed by atoms with E-state index >= 15 is 0 Å². The number of hydrogen-bond acceptors (Lipinski definition) is 2. The summed E-state index contributed by atoms with van der Waals surface area (Å²) in [5.41, 5.74) is 10.8. The molecule has 0 aromatic heterocycles. The first kappa shape index (κ1) is 13.6. The van der Waals surface area contributed by atoms with E-state index in [-0.39, 0.29) is 0 Å². The third-order valence-corrected chi connectivity index (χ3v) is 3.39. The minimum Gasteiger partial charge on any atom is -0.399 e. The third kappa shape index (κ3) is 4.11. The Morgan fingerprint density at radius 3 is 2.37 bits per heavy atom. The fraction of sp³-hybridized carbons (Fsp3) is 0.294. The van der Waals surface area contributed by atoms with Crippen LogP contribution in [0, 0.1) is 6.92 Å².